The number of benzene rings is 6. The summed E-state index contributed by atoms with van der Waals surface area (Å²) in [6, 6.07) is 41.5. The molecule has 1 heterocycles. The number of hydrogen-bond acceptors (Lipinski definition) is 15. The first-order chi connectivity index (χ1) is 29.2. The molecule has 15 nitrogen and oxygen atoms in total. The second-order valence-corrected chi connectivity index (χ2v) is 18.5. The van der Waals surface area contributed by atoms with Gasteiger partial charge in [0.2, 0.25) is 0 Å². The Hall–Kier alpha value is -6.39. The van der Waals surface area contributed by atoms with Crippen LogP contribution in [0.2, 0.25) is 0 Å². The highest BCUT2D eigenvalue weighted by Gasteiger charge is 2.49. The largest absolute Gasteiger partial charge is 0.497 e. The molecule has 6 aromatic carbocycles. The van der Waals surface area contributed by atoms with Gasteiger partial charge in [0.05, 0.1) is 42.7 Å². The summed E-state index contributed by atoms with van der Waals surface area (Å²) in [5.41, 5.74) is 0. The third-order valence-electron chi connectivity index (χ3n) is 8.27. The molecule has 0 saturated heterocycles. The standard InChI is InChI=1S/C42H42N3O12P3/c1-46-31-13-7-19-37(25-31)52-58(53-38-20-8-14-32(26-38)47-2)43-59(54-39-21-9-15-33(27-39)48-3,55-40-22-10-16-34(28-40)49-4)45-60(44-58,56-41-23-11-17-35(29-41)50-5)57-42-24-12-18-36(30-42)51-6/h7-30H,1-6H3. The normalized spacial score (nSPS) is 14.3. The van der Waals surface area contributed by atoms with Gasteiger partial charge in [-0.25, -0.2) is 0 Å². The van der Waals surface area contributed by atoms with E-state index in [1.165, 1.54) is 0 Å². The van der Waals surface area contributed by atoms with Gasteiger partial charge in [0, 0.05) is 36.4 Å². The van der Waals surface area contributed by atoms with Crippen LogP contribution in [0.5, 0.6) is 69.0 Å². The van der Waals surface area contributed by atoms with E-state index >= 15 is 0 Å². The molecule has 6 aromatic rings. The lowest BCUT2D eigenvalue weighted by atomic mass is 10.3. The summed E-state index contributed by atoms with van der Waals surface area (Å²) in [5, 5.41) is 0. The second kappa shape index (κ2) is 18.7. The average molecular weight is 874 g/mol. The van der Waals surface area contributed by atoms with Crippen molar-refractivity contribution in [3.8, 4) is 69.0 Å². The molecule has 0 amide bonds. The zero-order valence-corrected chi connectivity index (χ0v) is 36.1. The van der Waals surface area contributed by atoms with Crippen molar-refractivity contribution in [1.82, 2.24) is 0 Å². The minimum Gasteiger partial charge on any atom is -0.497 e. The van der Waals surface area contributed by atoms with Gasteiger partial charge in [-0.15, -0.1) is 0 Å². The van der Waals surface area contributed by atoms with Crippen LogP contribution >= 0.6 is 23.0 Å². The van der Waals surface area contributed by atoms with Crippen LogP contribution in [-0.2, 0) is 0 Å². The van der Waals surface area contributed by atoms with Crippen LogP contribution in [0.25, 0.3) is 0 Å². The first kappa shape index (κ1) is 41.8. The lowest BCUT2D eigenvalue weighted by Crippen LogP contribution is -2.11. The SMILES string of the molecule is COc1cccc(OP2(Oc3cccc(OC)c3)=NP(Oc3cccc(OC)c3)(Oc3cccc(OC)c3)=NP(Oc3cccc(OC)c3)(Oc3cccc(OC)c3)=N2)c1. The van der Waals surface area contributed by atoms with Gasteiger partial charge in [0.15, 0.2) is 0 Å². The zero-order valence-electron chi connectivity index (χ0n) is 33.4. The van der Waals surface area contributed by atoms with Crippen molar-refractivity contribution in [2.45, 2.75) is 0 Å². The summed E-state index contributed by atoms with van der Waals surface area (Å²) >= 11 is 0. The quantitative estimate of drug-likeness (QED) is 0.0757. The van der Waals surface area contributed by atoms with Gasteiger partial charge in [0.1, 0.15) is 69.0 Å². The number of rotatable bonds is 18. The molecule has 0 radical (unpaired) electrons. The van der Waals surface area contributed by atoms with Crippen molar-refractivity contribution >= 4 is 23.0 Å². The van der Waals surface area contributed by atoms with E-state index in [4.69, 9.17) is 69.1 Å². The Morgan fingerprint density at radius 2 is 0.400 bits per heavy atom. The van der Waals surface area contributed by atoms with E-state index in [-0.39, 0.29) is 34.5 Å². The Bertz CT molecular complexity index is 2170. The lowest BCUT2D eigenvalue weighted by molar-refractivity contribution is 0.405. The highest BCUT2D eigenvalue weighted by molar-refractivity contribution is 7.79. The number of methoxy groups -OCH3 is 6. The smallest absolute Gasteiger partial charge is 0.460 e. The molecule has 60 heavy (non-hydrogen) atoms. The first-order valence-electron chi connectivity index (χ1n) is 18.1. The van der Waals surface area contributed by atoms with Crippen molar-refractivity contribution < 1.29 is 55.6 Å². The molecule has 1 aliphatic heterocycles. The lowest BCUT2D eigenvalue weighted by Gasteiger charge is -2.33. The van der Waals surface area contributed by atoms with Crippen LogP contribution in [0.1, 0.15) is 0 Å². The zero-order chi connectivity index (χ0) is 42.0. The maximum Gasteiger partial charge on any atom is 0.460 e. The highest BCUT2D eigenvalue weighted by Crippen LogP contribution is 2.78. The summed E-state index contributed by atoms with van der Waals surface area (Å²) < 4.78 is 90.7. The molecule has 0 aromatic heterocycles. The maximum absolute atomic E-state index is 6.92. The number of hydrogen-bond donors (Lipinski definition) is 0. The van der Waals surface area contributed by atoms with E-state index in [0.29, 0.717) is 34.5 Å². The Labute approximate surface area is 348 Å². The summed E-state index contributed by atoms with van der Waals surface area (Å²) in [4.78, 5) is 0. The summed E-state index contributed by atoms with van der Waals surface area (Å²) in [7, 11) is -3.44. The van der Waals surface area contributed by atoms with Gasteiger partial charge in [-0.2, -0.15) is 0 Å². The van der Waals surface area contributed by atoms with Crippen LogP contribution in [0, 0.1) is 0 Å². The second-order valence-electron chi connectivity index (χ2n) is 12.4. The van der Waals surface area contributed by atoms with Gasteiger partial charge >= 0.3 is 23.0 Å². The van der Waals surface area contributed by atoms with E-state index in [0.717, 1.165) is 0 Å². The Morgan fingerprint density at radius 3 is 0.550 bits per heavy atom. The van der Waals surface area contributed by atoms with Crippen LogP contribution in [-0.4, -0.2) is 42.7 Å². The van der Waals surface area contributed by atoms with Crippen LogP contribution in [0.15, 0.2) is 159 Å². The van der Waals surface area contributed by atoms with E-state index in [1.54, 1.807) is 188 Å². The number of ether oxygens (including phenoxy) is 6. The monoisotopic (exact) mass is 873 g/mol. The van der Waals surface area contributed by atoms with Gasteiger partial charge in [-0.3, -0.25) is 0 Å². The maximum atomic E-state index is 6.92. The molecule has 18 heteroatoms. The molecule has 0 aliphatic carbocycles. The van der Waals surface area contributed by atoms with E-state index in [1.807, 2.05) is 0 Å². The van der Waals surface area contributed by atoms with Gasteiger partial charge < -0.3 is 55.6 Å². The van der Waals surface area contributed by atoms with Crippen molar-refractivity contribution in [3.05, 3.63) is 146 Å². The van der Waals surface area contributed by atoms with Crippen LogP contribution in [0.4, 0.5) is 0 Å². The molecule has 0 fully saturated rings. The van der Waals surface area contributed by atoms with Gasteiger partial charge in [-0.05, 0) is 72.8 Å². The molecular weight excluding hydrogens is 831 g/mol. The molecule has 0 bridgehead atoms. The summed E-state index contributed by atoms with van der Waals surface area (Å²) in [5.74, 6) is 4.66. The molecule has 0 atom stereocenters. The molecular formula is C42H42N3O12P3. The highest BCUT2D eigenvalue weighted by atomic mass is 31.3. The van der Waals surface area contributed by atoms with Crippen molar-refractivity contribution in [2.75, 3.05) is 42.7 Å². The molecule has 0 N–H and O–H groups in total. The predicted molar refractivity (Wildman–Crippen MR) is 230 cm³/mol. The predicted octanol–water partition coefficient (Wildman–Crippen LogP) is 12.4. The summed E-state index contributed by atoms with van der Waals surface area (Å²) in [6.07, 6.45) is 0. The minimum atomic E-state index is -4.24. The van der Waals surface area contributed by atoms with Crippen molar-refractivity contribution in [3.63, 3.8) is 0 Å². The first-order valence-corrected chi connectivity index (χ1v) is 22.7. The minimum absolute atomic E-state index is 0.279. The fourth-order valence-corrected chi connectivity index (χ4v) is 14.5. The molecule has 312 valence electrons. The topological polar surface area (TPSA) is 148 Å². The van der Waals surface area contributed by atoms with Gasteiger partial charge in [0.25, 0.3) is 0 Å². The third kappa shape index (κ3) is 10.2. The summed E-state index contributed by atoms with van der Waals surface area (Å²) in [6.45, 7) is 0. The fraction of sp³-hybridized carbons (Fsp3) is 0.143. The number of nitrogens with zero attached hydrogens (tertiary/aromatic N) is 3. The molecule has 0 unspecified atom stereocenters. The van der Waals surface area contributed by atoms with E-state index < -0.39 is 23.0 Å². The molecule has 1 aliphatic rings. The van der Waals surface area contributed by atoms with E-state index in [9.17, 15) is 0 Å². The van der Waals surface area contributed by atoms with Gasteiger partial charge in [-0.1, -0.05) is 49.9 Å². The molecule has 0 saturated carbocycles. The average Bonchev–Trinajstić information content (AvgIpc) is 3.26. The Kier molecular flexibility index (Phi) is 13.0. The van der Waals surface area contributed by atoms with Crippen LogP contribution in [0.3, 0.4) is 0 Å². The molecule has 0 spiro atoms. The van der Waals surface area contributed by atoms with Crippen molar-refractivity contribution in [2.24, 2.45) is 13.5 Å². The molecule has 7 rings (SSSR count). The van der Waals surface area contributed by atoms with Crippen molar-refractivity contribution in [1.29, 1.82) is 0 Å². The van der Waals surface area contributed by atoms with E-state index in [2.05, 4.69) is 0 Å². The Morgan fingerprint density at radius 1 is 0.250 bits per heavy atom. The third-order valence-corrected chi connectivity index (χ3v) is 16.4. The Balaban J connectivity index is 1.61. The fourth-order valence-electron chi connectivity index (χ4n) is 5.53. The van der Waals surface area contributed by atoms with Crippen LogP contribution < -0.4 is 55.6 Å².